The highest BCUT2D eigenvalue weighted by atomic mass is 79.9. The predicted molar refractivity (Wildman–Crippen MR) is 125 cm³/mol. The van der Waals surface area contributed by atoms with Gasteiger partial charge < -0.3 is 14.2 Å². The van der Waals surface area contributed by atoms with E-state index in [1.165, 1.54) is 0 Å². The molecule has 0 unspecified atom stereocenters. The smallest absolute Gasteiger partial charge is 0.225 e. The molecule has 31 heavy (non-hydrogen) atoms. The Labute approximate surface area is 190 Å². The van der Waals surface area contributed by atoms with E-state index in [1.807, 2.05) is 91.0 Å². The van der Waals surface area contributed by atoms with Gasteiger partial charge in [-0.3, -0.25) is 0 Å². The van der Waals surface area contributed by atoms with Crippen molar-refractivity contribution in [3.63, 3.8) is 0 Å². The number of halogens is 1. The van der Waals surface area contributed by atoms with E-state index in [9.17, 15) is 0 Å². The van der Waals surface area contributed by atoms with Crippen LogP contribution in [0.1, 0.15) is 11.1 Å². The maximum absolute atomic E-state index is 6.13. The molecule has 4 rings (SSSR count). The molecule has 0 amide bonds. The molecule has 0 fully saturated rings. The Morgan fingerprint density at radius 3 is 2.03 bits per heavy atom. The average Bonchev–Trinajstić information content (AvgIpc) is 2.83. The van der Waals surface area contributed by atoms with Crippen LogP contribution in [0.4, 0.5) is 0 Å². The van der Waals surface area contributed by atoms with Crippen molar-refractivity contribution in [2.75, 3.05) is 7.11 Å². The molecule has 4 nitrogen and oxygen atoms in total. The summed E-state index contributed by atoms with van der Waals surface area (Å²) in [6.45, 7) is 0.855. The third-order valence-corrected chi connectivity index (χ3v) is 5.40. The Morgan fingerprint density at radius 2 is 1.39 bits per heavy atom. The quantitative estimate of drug-likeness (QED) is 0.285. The van der Waals surface area contributed by atoms with Crippen molar-refractivity contribution in [1.29, 1.82) is 0 Å². The summed E-state index contributed by atoms with van der Waals surface area (Å²) in [5.41, 5.74) is 3.97. The summed E-state index contributed by atoms with van der Waals surface area (Å²) in [7, 11) is 1.65. The summed E-state index contributed by atoms with van der Waals surface area (Å²) in [6, 6.07) is 29.8. The van der Waals surface area contributed by atoms with Gasteiger partial charge in [0.05, 0.1) is 11.6 Å². The van der Waals surface area contributed by atoms with Gasteiger partial charge in [-0.25, -0.2) is 0 Å². The second kappa shape index (κ2) is 10.1. The van der Waals surface area contributed by atoms with E-state index in [4.69, 9.17) is 14.2 Å². The second-order valence-electron chi connectivity index (χ2n) is 6.90. The minimum atomic E-state index is 0.413. The van der Waals surface area contributed by atoms with E-state index in [2.05, 4.69) is 20.9 Å². The molecule has 5 heteroatoms. The normalized spacial score (nSPS) is 10.5. The molecule has 0 N–H and O–H groups in total. The van der Waals surface area contributed by atoms with Gasteiger partial charge in [-0.2, -0.15) is 4.98 Å². The summed E-state index contributed by atoms with van der Waals surface area (Å²) >= 11 is 3.51. The van der Waals surface area contributed by atoms with Crippen molar-refractivity contribution in [2.45, 2.75) is 13.2 Å². The largest absolute Gasteiger partial charge is 0.496 e. The van der Waals surface area contributed by atoms with Crippen molar-refractivity contribution in [2.24, 2.45) is 0 Å². The zero-order valence-electron chi connectivity index (χ0n) is 17.1. The highest BCUT2D eigenvalue weighted by Gasteiger charge is 2.13. The van der Waals surface area contributed by atoms with Crippen molar-refractivity contribution in [3.05, 3.63) is 107 Å². The Kier molecular flexibility index (Phi) is 6.85. The maximum atomic E-state index is 6.13. The van der Waals surface area contributed by atoms with Crippen LogP contribution in [-0.2, 0) is 13.2 Å². The SMILES string of the molecule is COc1cc(-c2ccc(OCc3ccccc3)nc2OCc2ccccc2)ccc1Br. The average molecular weight is 476 g/mol. The van der Waals surface area contributed by atoms with E-state index in [1.54, 1.807) is 7.11 Å². The standard InChI is InChI=1S/C26H22BrNO3/c1-29-24-16-21(12-14-23(24)27)22-13-15-25(30-17-19-8-4-2-5-9-19)28-26(22)31-18-20-10-6-3-7-11-20/h2-16H,17-18H2,1H3. The zero-order valence-corrected chi connectivity index (χ0v) is 18.7. The molecule has 1 aromatic heterocycles. The van der Waals surface area contributed by atoms with Crippen molar-refractivity contribution >= 4 is 15.9 Å². The van der Waals surface area contributed by atoms with Gasteiger partial charge in [0, 0.05) is 11.6 Å². The molecule has 0 spiro atoms. The fourth-order valence-corrected chi connectivity index (χ4v) is 3.53. The number of hydrogen-bond acceptors (Lipinski definition) is 4. The van der Waals surface area contributed by atoms with Crippen LogP contribution in [0.15, 0.2) is 95.5 Å². The molecular formula is C26H22BrNO3. The van der Waals surface area contributed by atoms with Crippen LogP contribution in [-0.4, -0.2) is 12.1 Å². The lowest BCUT2D eigenvalue weighted by Crippen LogP contribution is -2.02. The molecular weight excluding hydrogens is 454 g/mol. The minimum Gasteiger partial charge on any atom is -0.496 e. The van der Waals surface area contributed by atoms with Gasteiger partial charge in [0.25, 0.3) is 0 Å². The van der Waals surface area contributed by atoms with Crippen LogP contribution < -0.4 is 14.2 Å². The third-order valence-electron chi connectivity index (χ3n) is 4.74. The van der Waals surface area contributed by atoms with E-state index in [-0.39, 0.29) is 0 Å². The van der Waals surface area contributed by atoms with Gasteiger partial charge in [0.15, 0.2) is 0 Å². The first-order chi connectivity index (χ1) is 15.2. The monoisotopic (exact) mass is 475 g/mol. The number of pyridine rings is 1. The van der Waals surface area contributed by atoms with Gasteiger partial charge in [0.1, 0.15) is 19.0 Å². The summed E-state index contributed by atoms with van der Waals surface area (Å²) in [5, 5.41) is 0. The van der Waals surface area contributed by atoms with Crippen LogP contribution in [0.25, 0.3) is 11.1 Å². The fourth-order valence-electron chi connectivity index (χ4n) is 3.12. The molecule has 0 saturated heterocycles. The van der Waals surface area contributed by atoms with Crippen molar-refractivity contribution in [1.82, 2.24) is 4.98 Å². The molecule has 0 aliphatic rings. The number of ether oxygens (including phenoxy) is 3. The van der Waals surface area contributed by atoms with Crippen LogP contribution in [0.3, 0.4) is 0 Å². The molecule has 0 aliphatic heterocycles. The van der Waals surface area contributed by atoms with Crippen LogP contribution in [0.5, 0.6) is 17.5 Å². The number of aromatic nitrogens is 1. The van der Waals surface area contributed by atoms with Gasteiger partial charge >= 0.3 is 0 Å². The number of rotatable bonds is 8. The Hall–Kier alpha value is -3.31. The van der Waals surface area contributed by atoms with E-state index in [0.29, 0.717) is 25.0 Å². The predicted octanol–water partition coefficient (Wildman–Crippen LogP) is 6.68. The maximum Gasteiger partial charge on any atom is 0.225 e. The first kappa shape index (κ1) is 20.9. The van der Waals surface area contributed by atoms with E-state index in [0.717, 1.165) is 32.5 Å². The molecule has 0 saturated carbocycles. The lowest BCUT2D eigenvalue weighted by atomic mass is 10.1. The Balaban J connectivity index is 1.62. The van der Waals surface area contributed by atoms with Gasteiger partial charge in [-0.1, -0.05) is 66.7 Å². The highest BCUT2D eigenvalue weighted by Crippen LogP contribution is 2.36. The fraction of sp³-hybridized carbons (Fsp3) is 0.115. The number of benzene rings is 3. The molecule has 3 aromatic carbocycles. The molecule has 4 aromatic rings. The summed E-state index contributed by atoms with van der Waals surface area (Å²) in [4.78, 5) is 4.66. The van der Waals surface area contributed by atoms with Crippen LogP contribution in [0, 0.1) is 0 Å². The topological polar surface area (TPSA) is 40.6 Å². The number of nitrogens with zero attached hydrogens (tertiary/aromatic N) is 1. The third kappa shape index (κ3) is 5.44. The molecule has 0 radical (unpaired) electrons. The van der Waals surface area contributed by atoms with Gasteiger partial charge in [0.2, 0.25) is 11.8 Å². The first-order valence-electron chi connectivity index (χ1n) is 9.91. The molecule has 1 heterocycles. The first-order valence-corrected chi connectivity index (χ1v) is 10.7. The Morgan fingerprint density at radius 1 is 0.742 bits per heavy atom. The second-order valence-corrected chi connectivity index (χ2v) is 7.75. The highest BCUT2D eigenvalue weighted by molar-refractivity contribution is 9.10. The van der Waals surface area contributed by atoms with Crippen LogP contribution >= 0.6 is 15.9 Å². The molecule has 156 valence electrons. The molecule has 0 bridgehead atoms. The van der Waals surface area contributed by atoms with Gasteiger partial charge in [-0.15, -0.1) is 0 Å². The van der Waals surface area contributed by atoms with E-state index >= 15 is 0 Å². The minimum absolute atomic E-state index is 0.413. The van der Waals surface area contributed by atoms with Crippen molar-refractivity contribution < 1.29 is 14.2 Å². The Bertz CT molecular complexity index is 1130. The zero-order chi connectivity index (χ0) is 21.5. The summed E-state index contributed by atoms with van der Waals surface area (Å²) in [5.74, 6) is 1.77. The summed E-state index contributed by atoms with van der Waals surface area (Å²) < 4.78 is 18.4. The lowest BCUT2D eigenvalue weighted by Gasteiger charge is -2.14. The number of methoxy groups -OCH3 is 1. The van der Waals surface area contributed by atoms with Crippen LogP contribution in [0.2, 0.25) is 0 Å². The van der Waals surface area contributed by atoms with Gasteiger partial charge in [-0.05, 0) is 50.8 Å². The molecule has 0 atom stereocenters. The summed E-state index contributed by atoms with van der Waals surface area (Å²) in [6.07, 6.45) is 0. The van der Waals surface area contributed by atoms with Crippen molar-refractivity contribution in [3.8, 4) is 28.6 Å². The lowest BCUT2D eigenvalue weighted by molar-refractivity contribution is 0.268. The number of hydrogen-bond donors (Lipinski definition) is 0. The molecule has 0 aliphatic carbocycles. The van der Waals surface area contributed by atoms with E-state index < -0.39 is 0 Å².